The lowest BCUT2D eigenvalue weighted by Gasteiger charge is -2.30. The third kappa shape index (κ3) is 3.69. The first-order valence-corrected chi connectivity index (χ1v) is 8.16. The normalized spacial score (nSPS) is 23.3. The summed E-state index contributed by atoms with van der Waals surface area (Å²) in [7, 11) is 3.63. The van der Waals surface area contributed by atoms with Crippen LogP contribution in [-0.4, -0.2) is 35.1 Å². The van der Waals surface area contributed by atoms with Crippen molar-refractivity contribution in [1.29, 1.82) is 0 Å². The van der Waals surface area contributed by atoms with Crippen molar-refractivity contribution < 1.29 is 14.3 Å². The van der Waals surface area contributed by atoms with E-state index in [4.69, 9.17) is 9.47 Å². The van der Waals surface area contributed by atoms with E-state index >= 15 is 0 Å². The zero-order valence-corrected chi connectivity index (χ0v) is 14.4. The molecular formula is C17H28N2O3. The van der Waals surface area contributed by atoms with Crippen LogP contribution in [0.3, 0.4) is 0 Å². The van der Waals surface area contributed by atoms with Gasteiger partial charge in [-0.3, -0.25) is 9.48 Å². The van der Waals surface area contributed by atoms with E-state index in [1.54, 1.807) is 7.11 Å². The molecule has 124 valence electrons. The molecule has 1 aromatic rings. The topological polar surface area (TPSA) is 53.4 Å². The van der Waals surface area contributed by atoms with Gasteiger partial charge in [-0.1, -0.05) is 13.3 Å². The minimum absolute atomic E-state index is 0.0479. The summed E-state index contributed by atoms with van der Waals surface area (Å²) in [6.45, 7) is 5.96. The number of aryl methyl sites for hydroxylation is 2. The first kappa shape index (κ1) is 17.0. The third-order valence-electron chi connectivity index (χ3n) is 4.78. The Morgan fingerprint density at radius 2 is 1.95 bits per heavy atom. The molecule has 0 saturated heterocycles. The van der Waals surface area contributed by atoms with Crippen LogP contribution < -0.4 is 0 Å². The van der Waals surface area contributed by atoms with E-state index in [0.717, 1.165) is 42.6 Å². The molecule has 5 heteroatoms. The Kier molecular flexibility index (Phi) is 5.62. The van der Waals surface area contributed by atoms with Crippen molar-refractivity contribution in [3.8, 4) is 0 Å². The summed E-state index contributed by atoms with van der Waals surface area (Å²) in [5.41, 5.74) is 3.26. The summed E-state index contributed by atoms with van der Waals surface area (Å²) in [4.78, 5) is 12.4. The van der Waals surface area contributed by atoms with E-state index in [1.165, 1.54) is 0 Å². The molecule has 0 spiro atoms. The summed E-state index contributed by atoms with van der Waals surface area (Å²) < 4.78 is 13.0. The highest BCUT2D eigenvalue weighted by molar-refractivity contribution is 5.72. The Balaban J connectivity index is 1.97. The van der Waals surface area contributed by atoms with Gasteiger partial charge in [0, 0.05) is 19.9 Å². The lowest BCUT2D eigenvalue weighted by Crippen LogP contribution is -2.37. The van der Waals surface area contributed by atoms with E-state index in [1.807, 2.05) is 32.5 Å². The molecule has 0 radical (unpaired) electrons. The lowest BCUT2D eigenvalue weighted by molar-refractivity contribution is -0.163. The highest BCUT2D eigenvalue weighted by Gasteiger charge is 2.30. The summed E-state index contributed by atoms with van der Waals surface area (Å²) in [5, 5.41) is 4.41. The van der Waals surface area contributed by atoms with E-state index < -0.39 is 0 Å². The summed E-state index contributed by atoms with van der Waals surface area (Å²) >= 11 is 0. The molecule has 0 aliphatic heterocycles. The van der Waals surface area contributed by atoms with Crippen LogP contribution >= 0.6 is 0 Å². The van der Waals surface area contributed by atoms with Crippen LogP contribution in [0.5, 0.6) is 0 Å². The smallest absolute Gasteiger partial charge is 0.309 e. The van der Waals surface area contributed by atoms with Crippen LogP contribution in [0.25, 0.3) is 0 Å². The number of hydrogen-bond donors (Lipinski definition) is 0. The molecule has 2 rings (SSSR count). The number of aromatic nitrogens is 2. The number of carbonyl (C=O) groups excluding carboxylic acids is 1. The average Bonchev–Trinajstić information content (AvgIpc) is 2.74. The summed E-state index contributed by atoms with van der Waals surface area (Å²) in [6.07, 6.45) is 4.76. The second-order valence-electron chi connectivity index (χ2n) is 6.41. The Labute approximate surface area is 133 Å². The van der Waals surface area contributed by atoms with Gasteiger partial charge in [-0.05, 0) is 45.1 Å². The molecule has 0 amide bonds. The SMILES string of the molecule is CO[C@@H]1CCCC[C@H]1OC(=O)[C@@H](C)Cc1c(C)nn(C)c1C. The number of ether oxygens (including phenoxy) is 2. The van der Waals surface area contributed by atoms with Gasteiger partial charge in [0.15, 0.2) is 0 Å². The molecule has 0 bridgehead atoms. The maximum atomic E-state index is 12.4. The fourth-order valence-electron chi connectivity index (χ4n) is 3.24. The van der Waals surface area contributed by atoms with Gasteiger partial charge in [-0.25, -0.2) is 0 Å². The predicted molar refractivity (Wildman–Crippen MR) is 84.7 cm³/mol. The van der Waals surface area contributed by atoms with E-state index in [-0.39, 0.29) is 24.1 Å². The van der Waals surface area contributed by atoms with Gasteiger partial charge in [-0.2, -0.15) is 5.10 Å². The van der Waals surface area contributed by atoms with Crippen molar-refractivity contribution in [2.45, 2.75) is 65.1 Å². The van der Waals surface area contributed by atoms with Gasteiger partial charge in [0.1, 0.15) is 6.10 Å². The largest absolute Gasteiger partial charge is 0.459 e. The third-order valence-corrected chi connectivity index (χ3v) is 4.78. The molecule has 1 saturated carbocycles. The molecule has 0 unspecified atom stereocenters. The Morgan fingerprint density at radius 3 is 2.50 bits per heavy atom. The van der Waals surface area contributed by atoms with E-state index in [0.29, 0.717) is 6.42 Å². The molecule has 0 N–H and O–H groups in total. The Hall–Kier alpha value is -1.36. The number of hydrogen-bond acceptors (Lipinski definition) is 4. The number of nitrogens with zero attached hydrogens (tertiary/aromatic N) is 2. The van der Waals surface area contributed by atoms with Crippen molar-refractivity contribution in [2.24, 2.45) is 13.0 Å². The zero-order valence-electron chi connectivity index (χ0n) is 14.4. The highest BCUT2D eigenvalue weighted by Crippen LogP contribution is 2.25. The van der Waals surface area contributed by atoms with Gasteiger partial charge in [-0.15, -0.1) is 0 Å². The van der Waals surface area contributed by atoms with Crippen molar-refractivity contribution in [3.05, 3.63) is 17.0 Å². The van der Waals surface area contributed by atoms with E-state index in [9.17, 15) is 4.79 Å². The van der Waals surface area contributed by atoms with E-state index in [2.05, 4.69) is 5.10 Å². The fourth-order valence-corrected chi connectivity index (χ4v) is 3.24. The maximum absolute atomic E-state index is 12.4. The Bertz CT molecular complexity index is 524. The molecule has 1 heterocycles. The highest BCUT2D eigenvalue weighted by atomic mass is 16.6. The molecular weight excluding hydrogens is 280 g/mol. The van der Waals surface area contributed by atoms with Crippen molar-refractivity contribution in [3.63, 3.8) is 0 Å². The predicted octanol–water partition coefficient (Wildman–Crippen LogP) is 2.72. The summed E-state index contributed by atoms with van der Waals surface area (Å²) in [5.74, 6) is -0.294. The first-order valence-electron chi connectivity index (χ1n) is 8.16. The van der Waals surface area contributed by atoms with Crippen LogP contribution in [0.15, 0.2) is 0 Å². The molecule has 22 heavy (non-hydrogen) atoms. The van der Waals surface area contributed by atoms with Gasteiger partial charge in [0.25, 0.3) is 0 Å². The van der Waals surface area contributed by atoms with Crippen molar-refractivity contribution in [2.75, 3.05) is 7.11 Å². The van der Waals surface area contributed by atoms with Crippen LogP contribution in [0.4, 0.5) is 0 Å². The second-order valence-corrected chi connectivity index (χ2v) is 6.41. The van der Waals surface area contributed by atoms with Gasteiger partial charge >= 0.3 is 5.97 Å². The second kappa shape index (κ2) is 7.27. The van der Waals surface area contributed by atoms with Gasteiger partial charge in [0.2, 0.25) is 0 Å². The number of esters is 1. The summed E-state index contributed by atoms with van der Waals surface area (Å²) in [6, 6.07) is 0. The fraction of sp³-hybridized carbons (Fsp3) is 0.765. The number of rotatable bonds is 5. The van der Waals surface area contributed by atoms with Crippen LogP contribution in [0.2, 0.25) is 0 Å². The van der Waals surface area contributed by atoms with Crippen LogP contribution in [0.1, 0.15) is 49.6 Å². The number of carbonyl (C=O) groups is 1. The van der Waals surface area contributed by atoms with Gasteiger partial charge < -0.3 is 9.47 Å². The minimum Gasteiger partial charge on any atom is -0.459 e. The molecule has 3 atom stereocenters. The van der Waals surface area contributed by atoms with Crippen molar-refractivity contribution in [1.82, 2.24) is 9.78 Å². The molecule has 1 aliphatic carbocycles. The number of methoxy groups -OCH3 is 1. The minimum atomic E-state index is -0.166. The molecule has 1 fully saturated rings. The van der Waals surface area contributed by atoms with Crippen LogP contribution in [-0.2, 0) is 27.7 Å². The van der Waals surface area contributed by atoms with Gasteiger partial charge in [0.05, 0.1) is 17.7 Å². The monoisotopic (exact) mass is 308 g/mol. The molecule has 1 aliphatic rings. The average molecular weight is 308 g/mol. The Morgan fingerprint density at radius 1 is 1.32 bits per heavy atom. The first-order chi connectivity index (χ1) is 10.4. The van der Waals surface area contributed by atoms with Crippen molar-refractivity contribution >= 4 is 5.97 Å². The maximum Gasteiger partial charge on any atom is 0.309 e. The zero-order chi connectivity index (χ0) is 16.3. The molecule has 1 aromatic heterocycles. The molecule has 5 nitrogen and oxygen atoms in total. The van der Waals surface area contributed by atoms with Crippen LogP contribution in [0, 0.1) is 19.8 Å². The molecule has 0 aromatic carbocycles. The lowest BCUT2D eigenvalue weighted by atomic mass is 9.94. The standard InChI is InChI=1S/C17H28N2O3/c1-11(10-14-12(2)18-19(4)13(14)3)17(20)22-16-9-7-6-8-15(16)21-5/h11,15-16H,6-10H2,1-5H3/t11-,15+,16+/m0/s1. The quantitative estimate of drug-likeness (QED) is 0.785.